The lowest BCUT2D eigenvalue weighted by atomic mass is 10.1. The van der Waals surface area contributed by atoms with Gasteiger partial charge in [0.1, 0.15) is 11.5 Å². The second-order valence-corrected chi connectivity index (χ2v) is 7.50. The molecule has 142 valence electrons. The van der Waals surface area contributed by atoms with Gasteiger partial charge in [0.25, 0.3) is 5.91 Å². The first-order chi connectivity index (χ1) is 13.1. The van der Waals surface area contributed by atoms with Crippen LogP contribution in [0.3, 0.4) is 0 Å². The molecular weight excluding hydrogens is 457 g/mol. The highest BCUT2D eigenvalue weighted by atomic mass is 127. The van der Waals surface area contributed by atoms with Crippen LogP contribution in [0.5, 0.6) is 11.5 Å². The minimum absolute atomic E-state index is 0.0715. The highest BCUT2D eigenvalue weighted by Crippen LogP contribution is 2.27. The molecule has 0 aromatic heterocycles. The van der Waals surface area contributed by atoms with E-state index in [1.54, 1.807) is 25.5 Å². The number of ether oxygens (including phenoxy) is 1. The van der Waals surface area contributed by atoms with Gasteiger partial charge >= 0.3 is 0 Å². The maximum absolute atomic E-state index is 12.1. The fourth-order valence-corrected chi connectivity index (χ4v) is 3.37. The normalized spacial score (nSPS) is 14.4. The van der Waals surface area contributed by atoms with E-state index in [0.717, 1.165) is 24.3 Å². The molecule has 2 aromatic carbocycles. The molecule has 6 nitrogen and oxygen atoms in total. The summed E-state index contributed by atoms with van der Waals surface area (Å²) >= 11 is 2.00. The van der Waals surface area contributed by atoms with Crippen molar-refractivity contribution in [2.45, 2.75) is 19.3 Å². The highest BCUT2D eigenvalue weighted by molar-refractivity contribution is 14.1. The molecule has 0 saturated carbocycles. The number of carbonyl (C=O) groups excluding carboxylic acids is 1. The number of methoxy groups -OCH3 is 1. The van der Waals surface area contributed by atoms with Crippen molar-refractivity contribution in [3.05, 3.63) is 51.1 Å². The van der Waals surface area contributed by atoms with E-state index in [1.807, 2.05) is 40.8 Å². The third-order valence-electron chi connectivity index (χ3n) is 4.52. The summed E-state index contributed by atoms with van der Waals surface area (Å²) in [6.45, 7) is 2.13. The molecule has 1 heterocycles. The van der Waals surface area contributed by atoms with Gasteiger partial charge in [-0.05, 0) is 72.2 Å². The van der Waals surface area contributed by atoms with Crippen molar-refractivity contribution < 1.29 is 14.6 Å². The van der Waals surface area contributed by atoms with Crippen molar-refractivity contribution in [1.82, 2.24) is 5.43 Å². The number of rotatable bonds is 5. The van der Waals surface area contributed by atoms with Crippen LogP contribution in [0.15, 0.2) is 41.5 Å². The van der Waals surface area contributed by atoms with Gasteiger partial charge in [-0.1, -0.05) is 0 Å². The quantitative estimate of drug-likeness (QED) is 0.389. The van der Waals surface area contributed by atoms with Crippen LogP contribution < -0.4 is 15.1 Å². The van der Waals surface area contributed by atoms with E-state index >= 15 is 0 Å². The SMILES string of the molecule is COc1cc(N2CCCCC2)ccc1/C=N\NC(=O)c1ccc(I)c(O)c1. The Bertz CT molecular complexity index is 848. The van der Waals surface area contributed by atoms with Gasteiger partial charge < -0.3 is 14.7 Å². The number of amides is 1. The lowest BCUT2D eigenvalue weighted by Crippen LogP contribution is -2.29. The maximum atomic E-state index is 12.1. The molecule has 0 bridgehead atoms. The zero-order valence-electron chi connectivity index (χ0n) is 15.1. The molecule has 2 N–H and O–H groups in total. The Morgan fingerprint density at radius 1 is 1.22 bits per heavy atom. The molecule has 1 amide bonds. The third kappa shape index (κ3) is 4.91. The monoisotopic (exact) mass is 479 g/mol. The number of phenols is 1. The second-order valence-electron chi connectivity index (χ2n) is 6.34. The second kappa shape index (κ2) is 9.07. The van der Waals surface area contributed by atoms with E-state index in [-0.39, 0.29) is 11.7 Å². The number of phenolic OH excluding ortho intramolecular Hbond substituents is 1. The van der Waals surface area contributed by atoms with E-state index in [2.05, 4.69) is 15.4 Å². The summed E-state index contributed by atoms with van der Waals surface area (Å²) in [6, 6.07) is 10.7. The first-order valence-corrected chi connectivity index (χ1v) is 9.91. The molecular formula is C20H22IN3O3. The molecule has 0 spiro atoms. The first kappa shape index (κ1) is 19.5. The lowest BCUT2D eigenvalue weighted by Gasteiger charge is -2.29. The van der Waals surface area contributed by atoms with Gasteiger partial charge in [-0.2, -0.15) is 5.10 Å². The van der Waals surface area contributed by atoms with Gasteiger partial charge in [-0.3, -0.25) is 4.79 Å². The average Bonchev–Trinajstić information content (AvgIpc) is 2.70. The van der Waals surface area contributed by atoms with Crippen molar-refractivity contribution in [2.75, 3.05) is 25.1 Å². The van der Waals surface area contributed by atoms with Crippen molar-refractivity contribution in [2.24, 2.45) is 5.10 Å². The van der Waals surface area contributed by atoms with Gasteiger partial charge in [0, 0.05) is 36.0 Å². The van der Waals surface area contributed by atoms with Gasteiger partial charge in [0.15, 0.2) is 0 Å². The molecule has 0 unspecified atom stereocenters. The number of hydrogen-bond donors (Lipinski definition) is 2. The van der Waals surface area contributed by atoms with Crippen LogP contribution in [0.1, 0.15) is 35.2 Å². The van der Waals surface area contributed by atoms with Gasteiger partial charge in [0.05, 0.1) is 16.9 Å². The van der Waals surface area contributed by atoms with Crippen LogP contribution >= 0.6 is 22.6 Å². The molecule has 1 fully saturated rings. The Balaban J connectivity index is 1.68. The van der Waals surface area contributed by atoms with Crippen LogP contribution in [0.2, 0.25) is 0 Å². The molecule has 0 atom stereocenters. The molecule has 0 radical (unpaired) electrons. The number of benzene rings is 2. The third-order valence-corrected chi connectivity index (χ3v) is 5.43. The summed E-state index contributed by atoms with van der Waals surface area (Å²) in [4.78, 5) is 14.5. The van der Waals surface area contributed by atoms with Crippen molar-refractivity contribution in [3.8, 4) is 11.5 Å². The maximum Gasteiger partial charge on any atom is 0.271 e. The Kier molecular flexibility index (Phi) is 6.54. The molecule has 1 saturated heterocycles. The summed E-state index contributed by atoms with van der Waals surface area (Å²) in [5.74, 6) is 0.395. The number of hydrogen-bond acceptors (Lipinski definition) is 5. The molecule has 7 heteroatoms. The zero-order chi connectivity index (χ0) is 19.2. The minimum atomic E-state index is -0.387. The zero-order valence-corrected chi connectivity index (χ0v) is 17.3. The minimum Gasteiger partial charge on any atom is -0.507 e. The summed E-state index contributed by atoms with van der Waals surface area (Å²) in [5.41, 5.74) is 4.74. The number of carbonyl (C=O) groups is 1. The number of halogens is 1. The van der Waals surface area contributed by atoms with E-state index < -0.39 is 0 Å². The van der Waals surface area contributed by atoms with Crippen LogP contribution in [-0.2, 0) is 0 Å². The van der Waals surface area contributed by atoms with Crippen molar-refractivity contribution in [1.29, 1.82) is 0 Å². The fraction of sp³-hybridized carbons (Fsp3) is 0.300. The Morgan fingerprint density at radius 3 is 2.70 bits per heavy atom. The summed E-state index contributed by atoms with van der Waals surface area (Å²) in [5, 5.41) is 13.7. The van der Waals surface area contributed by atoms with Crippen LogP contribution in [0.25, 0.3) is 0 Å². The molecule has 1 aliphatic rings. The van der Waals surface area contributed by atoms with Gasteiger partial charge in [-0.15, -0.1) is 0 Å². The summed E-state index contributed by atoms with van der Waals surface area (Å²) < 4.78 is 6.17. The summed E-state index contributed by atoms with van der Waals surface area (Å²) in [6.07, 6.45) is 5.27. The molecule has 27 heavy (non-hydrogen) atoms. The summed E-state index contributed by atoms with van der Waals surface area (Å²) in [7, 11) is 1.62. The van der Waals surface area contributed by atoms with E-state index in [1.165, 1.54) is 25.3 Å². The molecule has 1 aliphatic heterocycles. The Hall–Kier alpha value is -2.29. The van der Waals surface area contributed by atoms with E-state index in [9.17, 15) is 9.90 Å². The van der Waals surface area contributed by atoms with Gasteiger partial charge in [0.2, 0.25) is 0 Å². The predicted octanol–water partition coefficient (Wildman–Crippen LogP) is 3.76. The van der Waals surface area contributed by atoms with E-state index in [0.29, 0.717) is 14.9 Å². The lowest BCUT2D eigenvalue weighted by molar-refractivity contribution is 0.0954. The number of hydrazone groups is 1. The Morgan fingerprint density at radius 2 is 2.00 bits per heavy atom. The number of anilines is 1. The first-order valence-electron chi connectivity index (χ1n) is 8.83. The van der Waals surface area contributed by atoms with Crippen LogP contribution in [0.4, 0.5) is 5.69 Å². The topological polar surface area (TPSA) is 74.2 Å². The predicted molar refractivity (Wildman–Crippen MR) is 115 cm³/mol. The van der Waals surface area contributed by atoms with Crippen LogP contribution in [0, 0.1) is 3.57 Å². The molecule has 3 rings (SSSR count). The largest absolute Gasteiger partial charge is 0.507 e. The Labute approximate surface area is 172 Å². The number of piperidine rings is 1. The average molecular weight is 479 g/mol. The number of nitrogens with one attached hydrogen (secondary N) is 1. The van der Waals surface area contributed by atoms with Crippen molar-refractivity contribution in [3.63, 3.8) is 0 Å². The molecule has 2 aromatic rings. The van der Waals surface area contributed by atoms with Gasteiger partial charge in [-0.25, -0.2) is 5.43 Å². The van der Waals surface area contributed by atoms with Crippen LogP contribution in [-0.4, -0.2) is 37.4 Å². The highest BCUT2D eigenvalue weighted by Gasteiger charge is 2.13. The fourth-order valence-electron chi connectivity index (χ4n) is 3.03. The standard InChI is InChI=1S/C20H22IN3O3/c1-27-19-12-16(24-9-3-2-4-10-24)7-5-15(19)13-22-23-20(26)14-6-8-17(21)18(25)11-14/h5-8,11-13,25H,2-4,9-10H2,1H3,(H,23,26)/b22-13-. The number of aromatic hydroxyl groups is 1. The van der Waals surface area contributed by atoms with E-state index in [4.69, 9.17) is 4.74 Å². The number of nitrogens with zero attached hydrogens (tertiary/aromatic N) is 2. The smallest absolute Gasteiger partial charge is 0.271 e. The van der Waals surface area contributed by atoms with Crippen molar-refractivity contribution >= 4 is 40.4 Å². The molecule has 0 aliphatic carbocycles.